The molecular formula is C72H108ClN12O14P. The number of carbonyl (C=O) groups is 7. The molecule has 4 aliphatic heterocycles. The van der Waals surface area contributed by atoms with Crippen LogP contribution < -0.4 is 66.0 Å². The van der Waals surface area contributed by atoms with Crippen molar-refractivity contribution < 1.29 is 85.2 Å². The van der Waals surface area contributed by atoms with Crippen LogP contribution in [-0.4, -0.2) is 206 Å². The minimum atomic E-state index is -1.45. The van der Waals surface area contributed by atoms with Gasteiger partial charge in [0.25, 0.3) is 0 Å². The van der Waals surface area contributed by atoms with Gasteiger partial charge in [-0.25, -0.2) is 0 Å². The highest BCUT2D eigenvalue weighted by Crippen LogP contribution is 2.51. The number of nitrogens with zero attached hydrogens (tertiary/aromatic N) is 3. The number of methoxy groups -OCH3 is 2. The first-order chi connectivity index (χ1) is 47.2. The molecule has 100 heavy (non-hydrogen) atoms. The van der Waals surface area contributed by atoms with Crippen LogP contribution >= 0.6 is 9.24 Å². The van der Waals surface area contributed by atoms with Gasteiger partial charge in [-0.15, -0.1) is 9.24 Å². The van der Waals surface area contributed by atoms with Crippen LogP contribution in [0.3, 0.4) is 0 Å². The first-order valence-electron chi connectivity index (χ1n) is 34.1. The summed E-state index contributed by atoms with van der Waals surface area (Å²) < 4.78 is 16.5. The van der Waals surface area contributed by atoms with Crippen molar-refractivity contribution in [1.82, 2.24) is 37.2 Å². The summed E-state index contributed by atoms with van der Waals surface area (Å²) in [5.74, 6) is -3.13. The van der Waals surface area contributed by atoms with E-state index in [1.54, 1.807) is 35.1 Å². The van der Waals surface area contributed by atoms with Crippen LogP contribution in [0.2, 0.25) is 0 Å². The van der Waals surface area contributed by atoms with Crippen molar-refractivity contribution in [2.45, 2.75) is 179 Å². The van der Waals surface area contributed by atoms with Gasteiger partial charge in [0.15, 0.2) is 24.5 Å². The molecule has 4 aromatic rings. The van der Waals surface area contributed by atoms with Crippen molar-refractivity contribution in [3.05, 3.63) is 108 Å². The van der Waals surface area contributed by atoms with Crippen molar-refractivity contribution in [2.75, 3.05) is 78.3 Å². The maximum atomic E-state index is 13.1. The molecule has 0 radical (unpaired) electrons. The molecule has 4 heterocycles. The van der Waals surface area contributed by atoms with E-state index in [1.807, 2.05) is 6.92 Å². The van der Waals surface area contributed by atoms with E-state index in [0.29, 0.717) is 45.4 Å². The fourth-order valence-electron chi connectivity index (χ4n) is 12.5. The predicted octanol–water partition coefficient (Wildman–Crippen LogP) is 0.333. The topological polar surface area (TPSA) is 383 Å². The predicted molar refractivity (Wildman–Crippen MR) is 388 cm³/mol. The van der Waals surface area contributed by atoms with Crippen LogP contribution in [0.1, 0.15) is 124 Å². The molecule has 26 nitrogen and oxygen atoms in total. The van der Waals surface area contributed by atoms with Crippen LogP contribution in [0.25, 0.3) is 21.5 Å². The number of hydrogen-bond acceptors (Lipinski definition) is 16. The molecule has 0 bridgehead atoms. The number of carbonyl (C=O) groups excluding carboxylic acids is 7. The van der Waals surface area contributed by atoms with Gasteiger partial charge in [0.2, 0.25) is 47.0 Å². The van der Waals surface area contributed by atoms with Gasteiger partial charge in [-0.1, -0.05) is 115 Å². The van der Waals surface area contributed by atoms with Gasteiger partial charge in [0.1, 0.15) is 48.5 Å². The molecule has 7 amide bonds. The molecule has 4 aliphatic rings. The van der Waals surface area contributed by atoms with Crippen LogP contribution in [0, 0.1) is 0 Å². The fraction of sp³-hybridized carbons (Fsp3) is 0.542. The summed E-state index contributed by atoms with van der Waals surface area (Å²) in [7, 11) is 7.41. The van der Waals surface area contributed by atoms with Crippen LogP contribution in [0.5, 0.6) is 0 Å². The minimum absolute atomic E-state index is 0. The Labute approximate surface area is 596 Å². The molecule has 0 aliphatic carbocycles. The number of hydrogen-bond donors (Lipinski definition) is 13. The number of allylic oxidation sites excluding steroid dienone is 4. The number of halogens is 1. The number of nitrogens with one attached hydrogen (secondary N) is 7. The Morgan fingerprint density at radius 1 is 0.750 bits per heavy atom. The Kier molecular flexibility index (Phi) is 35.0. The van der Waals surface area contributed by atoms with Gasteiger partial charge in [-0.05, 0) is 97.9 Å². The highest BCUT2D eigenvalue weighted by molar-refractivity contribution is 7.16. The molecular weight excluding hydrogens is 1320 g/mol. The second-order valence-corrected chi connectivity index (χ2v) is 26.0. The first-order valence-corrected chi connectivity index (χ1v) is 34.9. The average Bonchev–Trinajstić information content (AvgIpc) is 1.58. The van der Waals surface area contributed by atoms with Crippen LogP contribution in [0.15, 0.2) is 102 Å². The molecule has 0 spiro atoms. The normalized spacial score (nSPS) is 23.0. The number of amides is 7. The van der Waals surface area contributed by atoms with Gasteiger partial charge in [-0.3, -0.25) is 38.6 Å². The Balaban J connectivity index is 0.000000327. The summed E-state index contributed by atoms with van der Waals surface area (Å²) in [6, 6.07) is 21.5. The molecule has 2 fully saturated rings. The monoisotopic (exact) mass is 1430 g/mol. The quantitative estimate of drug-likeness (QED) is 0.0166. The van der Waals surface area contributed by atoms with E-state index in [0.717, 1.165) is 19.4 Å². The number of aliphatic hydroxyl groups excluding tert-OH is 4. The number of ether oxygens (including phenoxy) is 3. The highest BCUT2D eigenvalue weighted by atomic mass is 35.5. The van der Waals surface area contributed by atoms with Gasteiger partial charge in [-0.2, -0.15) is 4.58 Å². The third-order valence-corrected chi connectivity index (χ3v) is 18.3. The molecule has 10 atom stereocenters. The number of unbranched alkanes of at least 4 members (excludes halogenated alkanes) is 2. The molecule has 0 saturated carbocycles. The lowest BCUT2D eigenvalue weighted by Crippen LogP contribution is -3.00. The maximum Gasteiger partial charge on any atom is 0.243 e. The second-order valence-electron chi connectivity index (χ2n) is 25.5. The average molecular weight is 1430 g/mol. The smallest absolute Gasteiger partial charge is 0.243 e. The SMILES string of the molecule is CCC(=O)N[C@H]1C(O)O[C@H](CO)[C@@H](O)[C@@H]1O.CCCCCC1NC(=O)C(CCCN=C(N)N)NC(=O)CNC(=O)C(CC)NC(=O)C(CP)NC1=O.CCN1/C(=C/C=C/C2=[N+](CCC(=O)NC)c3ccc4ccccc4c3C2(C)C)C(C)(C)c2c1ccc1ccccc21.COCCOC.[Cl-]. The minimum Gasteiger partial charge on any atom is -1.00 e. The Bertz CT molecular complexity index is 3530. The number of rotatable bonds is 22. The summed E-state index contributed by atoms with van der Waals surface area (Å²) in [6.45, 7) is 19.2. The molecule has 28 heteroatoms. The van der Waals surface area contributed by atoms with E-state index >= 15 is 0 Å². The van der Waals surface area contributed by atoms with Crippen molar-refractivity contribution in [3.8, 4) is 0 Å². The number of nitrogens with two attached hydrogens (primary N) is 2. The molecule has 2 saturated heterocycles. The van der Waals surface area contributed by atoms with E-state index < -0.39 is 91.0 Å². The molecule has 6 unspecified atom stereocenters. The van der Waals surface area contributed by atoms with Gasteiger partial charge >= 0.3 is 0 Å². The van der Waals surface area contributed by atoms with Crippen molar-refractivity contribution >= 4 is 95.2 Å². The maximum absolute atomic E-state index is 13.1. The number of aliphatic hydroxyl groups is 4. The number of guanidine groups is 1. The summed E-state index contributed by atoms with van der Waals surface area (Å²) in [6.07, 6.45) is 6.11. The molecule has 4 aromatic carbocycles. The van der Waals surface area contributed by atoms with Gasteiger partial charge < -0.3 is 101 Å². The molecule has 8 rings (SSSR count). The van der Waals surface area contributed by atoms with E-state index in [4.69, 9.17) is 21.3 Å². The number of likely N-dealkylation sites (N-methyl/N-ethyl adjacent to an activating group) is 1. The lowest BCUT2D eigenvalue weighted by molar-refractivity contribution is -0.436. The van der Waals surface area contributed by atoms with E-state index in [9.17, 15) is 48.9 Å². The summed E-state index contributed by atoms with van der Waals surface area (Å²) >= 11 is 0. The lowest BCUT2D eigenvalue weighted by Gasteiger charge is -2.40. The molecule has 15 N–H and O–H groups in total. The van der Waals surface area contributed by atoms with E-state index in [1.165, 1.54) is 55.5 Å². The zero-order chi connectivity index (χ0) is 73.1. The fourth-order valence-corrected chi connectivity index (χ4v) is 12.8. The zero-order valence-corrected chi connectivity index (χ0v) is 61.6. The molecule has 552 valence electrons. The Hall–Kier alpha value is -7.65. The number of anilines is 1. The zero-order valence-electron chi connectivity index (χ0n) is 59.7. The summed E-state index contributed by atoms with van der Waals surface area (Å²) in [5, 5.41) is 60.8. The third-order valence-electron chi connectivity index (χ3n) is 17.9. The largest absolute Gasteiger partial charge is 1.00 e. The van der Waals surface area contributed by atoms with Gasteiger partial charge in [0.05, 0.1) is 38.2 Å². The van der Waals surface area contributed by atoms with Crippen molar-refractivity contribution in [3.63, 3.8) is 0 Å². The number of benzene rings is 4. The second kappa shape index (κ2) is 41.3. The van der Waals surface area contributed by atoms with E-state index in [-0.39, 0.29) is 79.5 Å². The number of fused-ring (bicyclic) bond motifs is 6. The lowest BCUT2D eigenvalue weighted by atomic mass is 9.79. The summed E-state index contributed by atoms with van der Waals surface area (Å²) in [5.41, 5.74) is 18.1. The van der Waals surface area contributed by atoms with Crippen LogP contribution in [0.4, 0.5) is 11.4 Å². The number of aliphatic imine (C=N–C) groups is 1. The summed E-state index contributed by atoms with van der Waals surface area (Å²) in [4.78, 5) is 93.8. The highest BCUT2D eigenvalue weighted by Gasteiger charge is 2.47. The molecule has 0 aromatic heterocycles. The van der Waals surface area contributed by atoms with Gasteiger partial charge in [0, 0.05) is 75.3 Å². The Morgan fingerprint density at radius 2 is 1.33 bits per heavy atom. The van der Waals surface area contributed by atoms with Crippen molar-refractivity contribution in [2.24, 2.45) is 16.5 Å². The van der Waals surface area contributed by atoms with E-state index in [2.05, 4.69) is 196 Å². The standard InChI is InChI=1S/C37H39N3O.C22H41N8O5P.C9H17NO6.C4H10O2.ClH/c1-7-39-29-21-19-25-13-8-10-15-27(25)34(29)36(2,3)31(39)17-12-18-32-37(4,5)35-28-16-11-9-14-26(28)20-22-30(35)40(32)24-23-33(41)38-6;1-3-5-6-8-15-20(34)30-16(12-36)21(35)28-13(4-2)18(32)26-11-17(31)27-14(19(33)29-15)9-7-10-25-22(23)24;1-2-5(12)10-6-8(14)7(13)4(3-11)16-9(6)15;1-5-3-4-6-2;/h8-22H,7,23-24H2,1-6H3;13-16H,3-12,36H2,1-2H3,(H,26,32)(H,27,31)(H,28,35)(H,29,33)(H,30,34)(H4,23,24,25);4,6-9,11,13-15H,2-3H2,1H3,(H,10,12);3-4H2,1-2H3;1H/t;;4-,6-,7-,8-,9?;;/m..1../s1. The first kappa shape index (κ1) is 84.8. The van der Waals surface area contributed by atoms with Crippen LogP contribution in [-0.2, 0) is 58.6 Å². The van der Waals surface area contributed by atoms with Crippen molar-refractivity contribution in [1.29, 1.82) is 0 Å². The Morgan fingerprint density at radius 3 is 1.90 bits per heavy atom. The third kappa shape index (κ3) is 22.4.